The molecular weight excluding hydrogens is 570 g/mol. The van der Waals surface area contributed by atoms with E-state index < -0.39 is 0 Å². The molecule has 120 valence electrons. The van der Waals surface area contributed by atoms with E-state index in [0.29, 0.717) is 0 Å². The molecule has 4 aromatic carbocycles. The summed E-state index contributed by atoms with van der Waals surface area (Å²) in [5.41, 5.74) is 0. The van der Waals surface area contributed by atoms with Crippen LogP contribution in [0, 0.1) is 0 Å². The van der Waals surface area contributed by atoms with Gasteiger partial charge in [-0.3, -0.25) is 0 Å². The maximum Gasteiger partial charge on any atom is 4.00 e. The summed E-state index contributed by atoms with van der Waals surface area (Å²) in [5.74, 6) is 0. The van der Waals surface area contributed by atoms with Crippen molar-refractivity contribution in [1.82, 2.24) is 0 Å². The minimum atomic E-state index is 0. The van der Waals surface area contributed by atoms with Gasteiger partial charge in [-0.1, -0.05) is 33.2 Å². The first-order chi connectivity index (χ1) is 10.2. The van der Waals surface area contributed by atoms with Gasteiger partial charge in [-0.2, -0.15) is 24.3 Å². The van der Waals surface area contributed by atoms with Crippen LogP contribution in [0.2, 0.25) is 0 Å². The van der Waals surface area contributed by atoms with Crippen LogP contribution < -0.4 is 24.8 Å². The van der Waals surface area contributed by atoms with E-state index in [-0.39, 0.29) is 51.0 Å². The molecule has 0 atom stereocenters. The summed E-state index contributed by atoms with van der Waals surface area (Å²) in [4.78, 5) is 2.59. The standard InChI is InChI=1S/C18H10Br2S.2ClH.Zr/c19-15-7-9-17(13-5-1-3-11(13)15)21-18-10-8-16(20)12-4-2-6-14(12)18;;;/h1-10H;2*1H;/q-2;;;+4/p-2. The van der Waals surface area contributed by atoms with Crippen LogP contribution in [0.4, 0.5) is 0 Å². The zero-order valence-corrected chi connectivity index (χ0v) is 20.2. The molecule has 0 saturated carbocycles. The van der Waals surface area contributed by atoms with Gasteiger partial charge in [0.15, 0.2) is 0 Å². The van der Waals surface area contributed by atoms with Gasteiger partial charge in [0.2, 0.25) is 0 Å². The average molecular weight is 580 g/mol. The SMILES string of the molecule is Brc1ccc(Sc2ccc(Br)c3[cH-]ccc23)c2cc[cH-]c12.[Cl-].[Cl-].[Zr+4]. The van der Waals surface area contributed by atoms with Crippen molar-refractivity contribution in [2.75, 3.05) is 0 Å². The van der Waals surface area contributed by atoms with Gasteiger partial charge in [0.1, 0.15) is 0 Å². The van der Waals surface area contributed by atoms with Crippen molar-refractivity contribution in [2.45, 2.75) is 9.79 Å². The molecule has 0 aliphatic rings. The Morgan fingerprint density at radius 3 is 1.50 bits per heavy atom. The number of hydrogen-bond donors (Lipinski definition) is 0. The van der Waals surface area contributed by atoms with Crippen LogP contribution in [0.25, 0.3) is 21.5 Å². The summed E-state index contributed by atoms with van der Waals surface area (Å²) in [6.45, 7) is 0. The first kappa shape index (κ1) is 22.5. The van der Waals surface area contributed by atoms with Crippen molar-refractivity contribution in [2.24, 2.45) is 0 Å². The van der Waals surface area contributed by atoms with Crippen molar-refractivity contribution >= 4 is 65.2 Å². The average Bonchev–Trinajstić information content (AvgIpc) is 3.14. The van der Waals surface area contributed by atoms with Gasteiger partial charge < -0.3 is 24.8 Å². The molecule has 0 radical (unpaired) electrons. The molecule has 0 fully saturated rings. The van der Waals surface area contributed by atoms with Crippen LogP contribution in [-0.2, 0) is 26.2 Å². The Morgan fingerprint density at radius 2 is 1.08 bits per heavy atom. The molecule has 4 rings (SSSR count). The molecule has 0 aliphatic heterocycles. The number of fused-ring (bicyclic) bond motifs is 2. The number of rotatable bonds is 2. The summed E-state index contributed by atoms with van der Waals surface area (Å²) >= 11 is 9.08. The minimum Gasteiger partial charge on any atom is -1.00 e. The van der Waals surface area contributed by atoms with Gasteiger partial charge in [0.05, 0.1) is 0 Å². The molecule has 4 aromatic rings. The Bertz CT molecular complexity index is 884. The second-order valence-corrected chi connectivity index (χ2v) is 7.69. The van der Waals surface area contributed by atoms with Crippen molar-refractivity contribution in [1.29, 1.82) is 0 Å². The van der Waals surface area contributed by atoms with Gasteiger partial charge in [0.25, 0.3) is 0 Å². The Hall–Kier alpha value is 0.433. The van der Waals surface area contributed by atoms with Gasteiger partial charge in [-0.05, 0) is 9.79 Å². The molecule has 0 N–H and O–H groups in total. The molecule has 0 saturated heterocycles. The maximum absolute atomic E-state index is 3.62. The maximum atomic E-state index is 3.62. The van der Waals surface area contributed by atoms with Crippen molar-refractivity contribution < 1.29 is 51.0 Å². The van der Waals surface area contributed by atoms with Crippen LogP contribution in [0.5, 0.6) is 0 Å². The predicted molar refractivity (Wildman–Crippen MR) is 98.6 cm³/mol. The third-order valence-corrected chi connectivity index (χ3v) is 6.19. The van der Waals surface area contributed by atoms with Gasteiger partial charge in [0, 0.05) is 0 Å². The van der Waals surface area contributed by atoms with E-state index in [1.807, 2.05) is 11.8 Å². The molecule has 24 heavy (non-hydrogen) atoms. The molecule has 0 spiro atoms. The topological polar surface area (TPSA) is 0 Å². The normalized spacial score (nSPS) is 10.1. The summed E-state index contributed by atoms with van der Waals surface area (Å²) in [6.07, 6.45) is 0. The monoisotopic (exact) mass is 576 g/mol. The summed E-state index contributed by atoms with van der Waals surface area (Å²) < 4.78 is 2.31. The Morgan fingerprint density at radius 1 is 0.667 bits per heavy atom. The van der Waals surface area contributed by atoms with Crippen molar-refractivity contribution in [3.63, 3.8) is 0 Å². The first-order valence-corrected chi connectivity index (χ1v) is 9.00. The molecular formula is C18H10Br2Cl2SZr. The quantitative estimate of drug-likeness (QED) is 0.321. The van der Waals surface area contributed by atoms with Gasteiger partial charge in [-0.25, -0.2) is 0 Å². The fraction of sp³-hybridized carbons (Fsp3) is 0. The third kappa shape index (κ3) is 4.05. The molecule has 0 aromatic heterocycles. The van der Waals surface area contributed by atoms with E-state index in [1.165, 1.54) is 31.3 Å². The van der Waals surface area contributed by atoms with Crippen LogP contribution in [0.3, 0.4) is 0 Å². The van der Waals surface area contributed by atoms with Crippen molar-refractivity contribution in [3.8, 4) is 0 Å². The van der Waals surface area contributed by atoms with Crippen LogP contribution in [0.15, 0.2) is 79.4 Å². The van der Waals surface area contributed by atoms with E-state index in [9.17, 15) is 0 Å². The number of hydrogen-bond acceptors (Lipinski definition) is 1. The van der Waals surface area contributed by atoms with E-state index in [2.05, 4.69) is 92.5 Å². The smallest absolute Gasteiger partial charge is 1.00 e. The van der Waals surface area contributed by atoms with Crippen molar-refractivity contribution in [3.05, 3.63) is 69.6 Å². The molecule has 0 heterocycles. The molecule has 0 amide bonds. The largest absolute Gasteiger partial charge is 4.00 e. The molecule has 6 heteroatoms. The van der Waals surface area contributed by atoms with Crippen LogP contribution >= 0.6 is 43.6 Å². The number of benzene rings is 2. The summed E-state index contributed by atoms with van der Waals surface area (Å²) in [6, 6.07) is 21.5. The van der Waals surface area contributed by atoms with Gasteiger partial charge >= 0.3 is 26.2 Å². The van der Waals surface area contributed by atoms with E-state index >= 15 is 0 Å². The second-order valence-electron chi connectivity index (χ2n) is 4.90. The molecule has 0 aliphatic carbocycles. The zero-order chi connectivity index (χ0) is 14.4. The molecule has 0 unspecified atom stereocenters. The molecule has 0 bridgehead atoms. The van der Waals surface area contributed by atoms with E-state index in [0.717, 1.165) is 8.95 Å². The fourth-order valence-electron chi connectivity index (χ4n) is 2.64. The predicted octanol–water partition coefficient (Wildman–Crippen LogP) is 1.11. The number of halogens is 4. The zero-order valence-electron chi connectivity index (χ0n) is 12.2. The first-order valence-electron chi connectivity index (χ1n) is 6.60. The summed E-state index contributed by atoms with van der Waals surface area (Å²) in [7, 11) is 0. The second kappa shape index (κ2) is 9.39. The Labute approximate surface area is 193 Å². The van der Waals surface area contributed by atoms with E-state index in [4.69, 9.17) is 0 Å². The van der Waals surface area contributed by atoms with Crippen LogP contribution in [0.1, 0.15) is 0 Å². The van der Waals surface area contributed by atoms with Gasteiger partial charge in [-0.15, -0.1) is 77.3 Å². The summed E-state index contributed by atoms with van der Waals surface area (Å²) in [5, 5.41) is 5.15. The third-order valence-electron chi connectivity index (χ3n) is 3.66. The Balaban J connectivity index is 0.000000960. The Kier molecular flexibility index (Phi) is 8.80. The minimum absolute atomic E-state index is 0. The van der Waals surface area contributed by atoms with E-state index in [1.54, 1.807) is 0 Å². The van der Waals surface area contributed by atoms with Crippen LogP contribution in [-0.4, -0.2) is 0 Å². The fourth-order valence-corrected chi connectivity index (χ4v) is 4.68. The molecule has 0 nitrogen and oxygen atoms in total.